The lowest BCUT2D eigenvalue weighted by atomic mass is 10.0. The van der Waals surface area contributed by atoms with Crippen LogP contribution in [0.1, 0.15) is 28.0 Å². The van der Waals surface area contributed by atoms with Crippen molar-refractivity contribution in [1.82, 2.24) is 15.1 Å². The summed E-state index contributed by atoms with van der Waals surface area (Å²) >= 11 is 0. The first-order chi connectivity index (χ1) is 15.2. The van der Waals surface area contributed by atoms with Gasteiger partial charge in [0.15, 0.2) is 0 Å². The van der Waals surface area contributed by atoms with Crippen LogP contribution in [0, 0.1) is 12.7 Å². The van der Waals surface area contributed by atoms with E-state index in [9.17, 15) is 27.6 Å². The van der Waals surface area contributed by atoms with Gasteiger partial charge in [0.1, 0.15) is 17.6 Å². The maximum absolute atomic E-state index is 13.9. The van der Waals surface area contributed by atoms with Gasteiger partial charge in [-0.15, -0.1) is 0 Å². The summed E-state index contributed by atoms with van der Waals surface area (Å²) in [5, 5.41) is 6.09. The Balaban J connectivity index is 1.98. The molecule has 10 heteroatoms. The minimum absolute atomic E-state index is 0.0499. The Labute approximate surface area is 181 Å². The fourth-order valence-electron chi connectivity index (χ4n) is 3.21. The van der Waals surface area contributed by atoms with Crippen LogP contribution in [0.3, 0.4) is 0 Å². The van der Waals surface area contributed by atoms with E-state index in [0.29, 0.717) is 11.1 Å². The van der Waals surface area contributed by atoms with Crippen LogP contribution in [0.2, 0.25) is 0 Å². The number of halogens is 3. The van der Waals surface area contributed by atoms with E-state index in [0.717, 1.165) is 12.3 Å². The van der Waals surface area contributed by atoms with Gasteiger partial charge in [0, 0.05) is 18.2 Å². The molecule has 0 radical (unpaired) electrons. The molecule has 0 saturated heterocycles. The van der Waals surface area contributed by atoms with Crippen molar-refractivity contribution in [3.63, 3.8) is 0 Å². The second kappa shape index (κ2) is 9.46. The number of amides is 2. The first-order valence-corrected chi connectivity index (χ1v) is 9.49. The number of ketones is 1. The van der Waals surface area contributed by atoms with Gasteiger partial charge in [0.05, 0.1) is 5.56 Å². The molecule has 2 amide bonds. The number of hydrogen-bond donors (Lipinski definition) is 2. The van der Waals surface area contributed by atoms with Crippen LogP contribution in [0.5, 0.6) is 0 Å². The summed E-state index contributed by atoms with van der Waals surface area (Å²) in [6.07, 6.45) is 0.746. The smallest absolute Gasteiger partial charge is 0.333 e. The zero-order chi connectivity index (χ0) is 23.4. The molecule has 1 heterocycles. The Morgan fingerprint density at radius 1 is 1.12 bits per heavy atom. The van der Waals surface area contributed by atoms with Crippen molar-refractivity contribution in [2.75, 3.05) is 0 Å². The number of aromatic nitrogens is 2. The third kappa shape index (κ3) is 5.20. The molecule has 32 heavy (non-hydrogen) atoms. The second-order valence-electron chi connectivity index (χ2n) is 7.11. The third-order valence-electron chi connectivity index (χ3n) is 4.64. The van der Waals surface area contributed by atoms with E-state index in [4.69, 9.17) is 5.73 Å². The van der Waals surface area contributed by atoms with Crippen LogP contribution in [-0.4, -0.2) is 33.4 Å². The maximum Gasteiger partial charge on any atom is 0.333 e. The molecule has 7 nitrogen and oxygen atoms in total. The van der Waals surface area contributed by atoms with Gasteiger partial charge in [-0.2, -0.15) is 13.9 Å². The zero-order valence-corrected chi connectivity index (χ0v) is 16.9. The number of aryl methyl sites for hydroxylation is 1. The molecule has 0 bridgehead atoms. The van der Waals surface area contributed by atoms with Crippen molar-refractivity contribution in [2.45, 2.75) is 25.9 Å². The highest BCUT2D eigenvalue weighted by molar-refractivity contribution is 6.38. The number of hydrogen-bond acceptors (Lipinski definition) is 4. The minimum atomic E-state index is -3.06. The second-order valence-corrected chi connectivity index (χ2v) is 7.11. The van der Waals surface area contributed by atoms with Crippen LogP contribution in [0.15, 0.2) is 54.7 Å². The summed E-state index contributed by atoms with van der Waals surface area (Å²) in [6, 6.07) is 11.0. The highest BCUT2D eigenvalue weighted by Crippen LogP contribution is 2.26. The molecule has 166 valence electrons. The van der Waals surface area contributed by atoms with E-state index in [1.165, 1.54) is 12.1 Å². The van der Waals surface area contributed by atoms with Crippen LogP contribution in [-0.2, 0) is 16.0 Å². The number of nitrogens with one attached hydrogen (secondary N) is 1. The van der Waals surface area contributed by atoms with E-state index in [1.54, 1.807) is 37.3 Å². The van der Waals surface area contributed by atoms with Crippen molar-refractivity contribution in [2.24, 2.45) is 5.73 Å². The van der Waals surface area contributed by atoms with Crippen LogP contribution in [0.25, 0.3) is 11.3 Å². The Morgan fingerprint density at radius 2 is 1.81 bits per heavy atom. The SMILES string of the molecule is Cc1cc(F)cc(-c2nn(C(F)F)cc2C(=O)NC(Cc2ccccc2)C(=O)C(N)=O)c1. The molecule has 1 unspecified atom stereocenters. The number of rotatable bonds is 8. The molecule has 0 fully saturated rings. The van der Waals surface area contributed by atoms with E-state index in [2.05, 4.69) is 10.4 Å². The number of alkyl halides is 2. The summed E-state index contributed by atoms with van der Waals surface area (Å²) in [5.41, 5.74) is 5.82. The Bertz CT molecular complexity index is 1140. The molecule has 3 aromatic rings. The molecular weight excluding hydrogens is 425 g/mol. The van der Waals surface area contributed by atoms with E-state index < -0.39 is 36.0 Å². The average Bonchev–Trinajstić information content (AvgIpc) is 3.19. The van der Waals surface area contributed by atoms with Gasteiger partial charge < -0.3 is 11.1 Å². The Hall–Kier alpha value is -3.95. The fraction of sp³-hybridized carbons (Fsp3) is 0.182. The lowest BCUT2D eigenvalue weighted by Crippen LogP contribution is -2.47. The van der Waals surface area contributed by atoms with Crippen LogP contribution >= 0.6 is 0 Å². The molecule has 3 N–H and O–H groups in total. The van der Waals surface area contributed by atoms with Gasteiger partial charge in [-0.05, 0) is 36.2 Å². The highest BCUT2D eigenvalue weighted by Gasteiger charge is 2.28. The average molecular weight is 444 g/mol. The summed E-state index contributed by atoms with van der Waals surface area (Å²) in [6.45, 7) is -1.46. The molecule has 0 aliphatic rings. The maximum atomic E-state index is 13.9. The zero-order valence-electron chi connectivity index (χ0n) is 16.9. The number of nitrogens with two attached hydrogens (primary N) is 1. The van der Waals surface area contributed by atoms with E-state index in [-0.39, 0.29) is 27.9 Å². The monoisotopic (exact) mass is 444 g/mol. The Kier molecular flexibility index (Phi) is 6.72. The van der Waals surface area contributed by atoms with Gasteiger partial charge in [0.2, 0.25) is 5.78 Å². The number of carbonyl (C=O) groups is 3. The quantitative estimate of drug-likeness (QED) is 0.521. The van der Waals surface area contributed by atoms with Gasteiger partial charge in [-0.3, -0.25) is 14.4 Å². The molecule has 0 aliphatic heterocycles. The first-order valence-electron chi connectivity index (χ1n) is 9.49. The molecule has 1 aromatic heterocycles. The molecule has 0 spiro atoms. The van der Waals surface area contributed by atoms with Gasteiger partial charge >= 0.3 is 6.55 Å². The largest absolute Gasteiger partial charge is 0.363 e. The van der Waals surface area contributed by atoms with Gasteiger partial charge in [-0.1, -0.05) is 30.3 Å². The lowest BCUT2D eigenvalue weighted by Gasteiger charge is -2.16. The molecule has 0 saturated carbocycles. The number of Topliss-reactive ketones (excluding diaryl/α,β-unsaturated/α-hetero) is 1. The number of benzene rings is 2. The highest BCUT2D eigenvalue weighted by atomic mass is 19.3. The van der Waals surface area contributed by atoms with Crippen molar-refractivity contribution in [3.05, 3.63) is 77.2 Å². The number of carbonyl (C=O) groups excluding carboxylic acids is 3. The van der Waals surface area contributed by atoms with Gasteiger partial charge in [0.25, 0.3) is 11.8 Å². The molecular formula is C22H19F3N4O3. The Morgan fingerprint density at radius 3 is 2.41 bits per heavy atom. The standard InChI is InChI=1S/C22H19F3N4O3/c1-12-7-14(10-15(23)8-12)18-16(11-29(28-18)22(24)25)21(32)27-17(19(30)20(26)31)9-13-5-3-2-4-6-13/h2-8,10-11,17,22H,9H2,1H3,(H2,26,31)(H,27,32). The molecule has 0 aliphatic carbocycles. The molecule has 2 aromatic carbocycles. The summed E-state index contributed by atoms with van der Waals surface area (Å²) in [5.74, 6) is -3.88. The third-order valence-corrected chi connectivity index (χ3v) is 4.64. The van der Waals surface area contributed by atoms with Crippen molar-refractivity contribution in [3.8, 4) is 11.3 Å². The topological polar surface area (TPSA) is 107 Å². The van der Waals surface area contributed by atoms with Crippen molar-refractivity contribution >= 4 is 17.6 Å². The van der Waals surface area contributed by atoms with Crippen LogP contribution in [0.4, 0.5) is 13.2 Å². The molecule has 3 rings (SSSR count). The predicted octanol–water partition coefficient (Wildman–Crippen LogP) is 2.79. The van der Waals surface area contributed by atoms with E-state index >= 15 is 0 Å². The predicted molar refractivity (Wildman–Crippen MR) is 109 cm³/mol. The van der Waals surface area contributed by atoms with Crippen LogP contribution < -0.4 is 11.1 Å². The normalized spacial score (nSPS) is 11.9. The van der Waals surface area contributed by atoms with E-state index in [1.807, 2.05) is 0 Å². The molecule has 1 atom stereocenters. The lowest BCUT2D eigenvalue weighted by molar-refractivity contribution is -0.137. The van der Waals surface area contributed by atoms with Crippen molar-refractivity contribution in [1.29, 1.82) is 0 Å². The summed E-state index contributed by atoms with van der Waals surface area (Å²) < 4.78 is 40.7. The fourth-order valence-corrected chi connectivity index (χ4v) is 3.21. The summed E-state index contributed by atoms with van der Waals surface area (Å²) in [4.78, 5) is 36.7. The summed E-state index contributed by atoms with van der Waals surface area (Å²) in [7, 11) is 0. The van der Waals surface area contributed by atoms with Gasteiger partial charge in [-0.25, -0.2) is 9.07 Å². The number of nitrogens with zero attached hydrogens (tertiary/aromatic N) is 2. The first kappa shape index (κ1) is 22.7. The minimum Gasteiger partial charge on any atom is -0.363 e. The number of primary amides is 1. The van der Waals surface area contributed by atoms with Crippen molar-refractivity contribution < 1.29 is 27.6 Å².